The third-order valence-electron chi connectivity index (χ3n) is 4.60. The number of hydrogen-bond acceptors (Lipinski definition) is 7. The first kappa shape index (κ1) is 25.7. The van der Waals surface area contributed by atoms with Gasteiger partial charge in [-0.15, -0.1) is 0 Å². The topological polar surface area (TPSA) is 114 Å². The van der Waals surface area contributed by atoms with Crippen molar-refractivity contribution in [3.8, 4) is 11.5 Å². The molecule has 0 aliphatic carbocycles. The minimum Gasteiger partial charge on any atom is -0.495 e. The van der Waals surface area contributed by atoms with Gasteiger partial charge in [0.05, 0.1) is 30.8 Å². The van der Waals surface area contributed by atoms with Gasteiger partial charge in [-0.05, 0) is 60.2 Å². The Morgan fingerprint density at radius 3 is 2.37 bits per heavy atom. The number of nitrogens with zero attached hydrogens (tertiary/aromatic N) is 2. The number of ether oxygens (including phenoxy) is 2. The van der Waals surface area contributed by atoms with Crippen LogP contribution in [0.25, 0.3) is 0 Å². The predicted octanol–water partition coefficient (Wildman–Crippen LogP) is 3.48. The summed E-state index contributed by atoms with van der Waals surface area (Å²) in [6.45, 7) is -0.540. The average Bonchev–Trinajstić information content (AvgIpc) is 2.83. The molecule has 0 aliphatic rings. The van der Waals surface area contributed by atoms with Crippen LogP contribution in [0.4, 0.5) is 5.69 Å². The molecule has 0 heterocycles. The van der Waals surface area contributed by atoms with Crippen LogP contribution in [0.5, 0.6) is 11.5 Å². The zero-order chi connectivity index (χ0) is 25.4. The molecule has 1 amide bonds. The summed E-state index contributed by atoms with van der Waals surface area (Å²) in [6.07, 6.45) is 2.33. The van der Waals surface area contributed by atoms with Crippen molar-refractivity contribution in [1.29, 1.82) is 0 Å². The molecule has 0 aliphatic heterocycles. The number of benzene rings is 3. The van der Waals surface area contributed by atoms with E-state index < -0.39 is 28.4 Å². The number of carbonyl (C=O) groups is 2. The summed E-state index contributed by atoms with van der Waals surface area (Å²) in [5.41, 5.74) is 3.46. The maximum atomic E-state index is 12.4. The van der Waals surface area contributed by atoms with Gasteiger partial charge in [0.25, 0.3) is 5.91 Å². The Morgan fingerprint density at radius 2 is 1.74 bits per heavy atom. The molecule has 182 valence electrons. The lowest BCUT2D eigenvalue weighted by molar-refractivity contribution is -0.119. The summed E-state index contributed by atoms with van der Waals surface area (Å²) in [7, 11) is -2.45. The minimum absolute atomic E-state index is 0.127. The number of methoxy groups -OCH3 is 1. The zero-order valence-corrected chi connectivity index (χ0v) is 20.4. The Labute approximate surface area is 208 Å². The third-order valence-corrected chi connectivity index (χ3v) is 5.96. The molecule has 0 radical (unpaired) electrons. The standard InChI is InChI=1S/C24H22ClN3O6S/c1-33-22-13-10-19(25)14-21(22)28(35(2,31)32)16-23(29)27-26-15-17-8-11-20(12-9-17)34-24(30)18-6-4-3-5-7-18/h3-15H,16H2,1-2H3,(H,27,29)/b26-15-. The fourth-order valence-electron chi connectivity index (χ4n) is 2.95. The Bertz CT molecular complexity index is 1330. The largest absolute Gasteiger partial charge is 0.495 e. The van der Waals surface area contributed by atoms with Gasteiger partial charge in [-0.3, -0.25) is 9.10 Å². The van der Waals surface area contributed by atoms with Crippen molar-refractivity contribution in [1.82, 2.24) is 5.43 Å². The summed E-state index contributed by atoms with van der Waals surface area (Å²) >= 11 is 6.00. The van der Waals surface area contributed by atoms with Crippen molar-refractivity contribution in [3.63, 3.8) is 0 Å². The number of amides is 1. The lowest BCUT2D eigenvalue weighted by atomic mass is 10.2. The number of carbonyl (C=O) groups excluding carboxylic acids is 2. The minimum atomic E-state index is -3.83. The normalized spacial score (nSPS) is 11.2. The van der Waals surface area contributed by atoms with Crippen LogP contribution < -0.4 is 19.2 Å². The second-order valence-electron chi connectivity index (χ2n) is 7.20. The smallest absolute Gasteiger partial charge is 0.343 e. The molecule has 0 bridgehead atoms. The van der Waals surface area contributed by atoms with Gasteiger partial charge >= 0.3 is 5.97 Å². The van der Waals surface area contributed by atoms with E-state index in [9.17, 15) is 18.0 Å². The van der Waals surface area contributed by atoms with Crippen LogP contribution in [0.15, 0.2) is 77.9 Å². The van der Waals surface area contributed by atoms with Crippen LogP contribution >= 0.6 is 11.6 Å². The number of nitrogens with one attached hydrogen (secondary N) is 1. The molecule has 0 saturated carbocycles. The molecule has 3 rings (SSSR count). The third kappa shape index (κ3) is 7.29. The average molecular weight is 516 g/mol. The van der Waals surface area contributed by atoms with E-state index in [1.807, 2.05) is 0 Å². The molecule has 0 unspecified atom stereocenters. The number of anilines is 1. The summed E-state index contributed by atoms with van der Waals surface area (Å²) < 4.78 is 36.0. The van der Waals surface area contributed by atoms with Crippen LogP contribution in [0, 0.1) is 0 Å². The maximum absolute atomic E-state index is 12.4. The second kappa shape index (κ2) is 11.5. The van der Waals surface area contributed by atoms with Gasteiger partial charge in [0, 0.05) is 5.02 Å². The molecule has 0 atom stereocenters. The Hall–Kier alpha value is -3.89. The van der Waals surface area contributed by atoms with Gasteiger partial charge in [-0.25, -0.2) is 18.6 Å². The molecule has 1 N–H and O–H groups in total. The highest BCUT2D eigenvalue weighted by atomic mass is 35.5. The lowest BCUT2D eigenvalue weighted by Gasteiger charge is -2.23. The van der Waals surface area contributed by atoms with E-state index in [1.165, 1.54) is 25.5 Å². The highest BCUT2D eigenvalue weighted by Crippen LogP contribution is 2.32. The van der Waals surface area contributed by atoms with Crippen molar-refractivity contribution >= 4 is 45.4 Å². The molecule has 11 heteroatoms. The molecule has 9 nitrogen and oxygen atoms in total. The zero-order valence-electron chi connectivity index (χ0n) is 18.8. The van der Waals surface area contributed by atoms with Crippen molar-refractivity contribution in [2.75, 3.05) is 24.2 Å². The quantitative estimate of drug-likeness (QED) is 0.202. The van der Waals surface area contributed by atoms with Gasteiger partial charge < -0.3 is 9.47 Å². The highest BCUT2D eigenvalue weighted by Gasteiger charge is 2.24. The van der Waals surface area contributed by atoms with E-state index in [4.69, 9.17) is 21.1 Å². The van der Waals surface area contributed by atoms with Gasteiger partial charge in [0.15, 0.2) is 0 Å². The molecular formula is C24H22ClN3O6S. The van der Waals surface area contributed by atoms with Crippen molar-refractivity contribution < 1.29 is 27.5 Å². The van der Waals surface area contributed by atoms with Crippen LogP contribution in [-0.4, -0.2) is 46.4 Å². The van der Waals surface area contributed by atoms with Crippen LogP contribution in [0.1, 0.15) is 15.9 Å². The molecule has 35 heavy (non-hydrogen) atoms. The molecule has 0 fully saturated rings. The van der Waals surface area contributed by atoms with Crippen LogP contribution in [0.3, 0.4) is 0 Å². The van der Waals surface area contributed by atoms with Crippen molar-refractivity contribution in [2.45, 2.75) is 0 Å². The SMILES string of the molecule is COc1ccc(Cl)cc1N(CC(=O)N/N=C\c1ccc(OC(=O)c2ccccc2)cc1)S(C)(=O)=O. The van der Waals surface area contributed by atoms with E-state index in [0.717, 1.165) is 10.6 Å². The molecule has 0 spiro atoms. The van der Waals surface area contributed by atoms with Gasteiger partial charge in [0.1, 0.15) is 18.0 Å². The number of halogens is 1. The molecule has 3 aromatic carbocycles. The molecule has 0 aromatic heterocycles. The van der Waals surface area contributed by atoms with Crippen LogP contribution in [-0.2, 0) is 14.8 Å². The van der Waals surface area contributed by atoms with Gasteiger partial charge in [0.2, 0.25) is 10.0 Å². The first-order valence-electron chi connectivity index (χ1n) is 10.2. The number of hydrogen-bond donors (Lipinski definition) is 1. The number of sulfonamides is 1. The first-order valence-corrected chi connectivity index (χ1v) is 12.4. The van der Waals surface area contributed by atoms with Gasteiger partial charge in [-0.2, -0.15) is 5.10 Å². The summed E-state index contributed by atoms with van der Waals surface area (Å²) in [4.78, 5) is 24.5. The molecular weight excluding hydrogens is 494 g/mol. The van der Waals surface area contributed by atoms with Gasteiger partial charge in [-0.1, -0.05) is 29.8 Å². The van der Waals surface area contributed by atoms with E-state index in [1.54, 1.807) is 60.7 Å². The summed E-state index contributed by atoms with van der Waals surface area (Å²) in [5.74, 6) is -0.573. The lowest BCUT2D eigenvalue weighted by Crippen LogP contribution is -2.39. The van der Waals surface area contributed by atoms with Crippen molar-refractivity contribution in [2.24, 2.45) is 5.10 Å². The number of hydrazone groups is 1. The summed E-state index contributed by atoms with van der Waals surface area (Å²) in [6, 6.07) is 19.5. The highest BCUT2D eigenvalue weighted by molar-refractivity contribution is 7.92. The summed E-state index contributed by atoms with van der Waals surface area (Å²) in [5, 5.41) is 4.14. The fraction of sp³-hybridized carbons (Fsp3) is 0.125. The second-order valence-corrected chi connectivity index (χ2v) is 9.55. The Morgan fingerprint density at radius 1 is 1.06 bits per heavy atom. The number of rotatable bonds is 9. The molecule has 0 saturated heterocycles. The van der Waals surface area contributed by atoms with Crippen LogP contribution in [0.2, 0.25) is 5.02 Å². The van der Waals surface area contributed by atoms with E-state index in [0.29, 0.717) is 16.9 Å². The molecule has 3 aromatic rings. The Kier molecular flexibility index (Phi) is 8.45. The van der Waals surface area contributed by atoms with Crippen molar-refractivity contribution in [3.05, 3.63) is 88.9 Å². The Balaban J connectivity index is 1.62. The number of esters is 1. The van der Waals surface area contributed by atoms with E-state index in [-0.39, 0.29) is 16.5 Å². The van der Waals surface area contributed by atoms with E-state index in [2.05, 4.69) is 10.5 Å². The predicted molar refractivity (Wildman–Crippen MR) is 134 cm³/mol. The van der Waals surface area contributed by atoms with E-state index >= 15 is 0 Å². The fourth-order valence-corrected chi connectivity index (χ4v) is 3.96. The first-order chi connectivity index (χ1) is 16.7. The maximum Gasteiger partial charge on any atom is 0.343 e. The monoisotopic (exact) mass is 515 g/mol.